The molecule has 0 aliphatic heterocycles. The molecule has 0 saturated heterocycles. The van der Waals surface area contributed by atoms with E-state index in [1.165, 1.54) is 5.56 Å². The van der Waals surface area contributed by atoms with Crippen molar-refractivity contribution in [1.29, 1.82) is 0 Å². The zero-order chi connectivity index (χ0) is 14.6. The third-order valence-electron chi connectivity index (χ3n) is 4.35. The summed E-state index contributed by atoms with van der Waals surface area (Å²) in [5.74, 6) is 0.273. The van der Waals surface area contributed by atoms with Gasteiger partial charge in [0.05, 0.1) is 0 Å². The van der Waals surface area contributed by atoms with Crippen LogP contribution in [0.25, 0.3) is 0 Å². The maximum absolute atomic E-state index is 12.3. The van der Waals surface area contributed by atoms with Gasteiger partial charge in [0.25, 0.3) is 0 Å². The smallest absolute Gasteiger partial charge is 0.223 e. The molecule has 20 heavy (non-hydrogen) atoms. The predicted octanol–water partition coefficient (Wildman–Crippen LogP) is 2.60. The van der Waals surface area contributed by atoms with Gasteiger partial charge in [0, 0.05) is 23.9 Å². The van der Waals surface area contributed by atoms with E-state index < -0.39 is 0 Å². The van der Waals surface area contributed by atoms with Crippen LogP contribution in [0.3, 0.4) is 0 Å². The number of hydrogen-bond acceptors (Lipinski definition) is 2. The van der Waals surface area contributed by atoms with Gasteiger partial charge in [-0.2, -0.15) is 0 Å². The van der Waals surface area contributed by atoms with Crippen molar-refractivity contribution in [2.45, 2.75) is 51.0 Å². The first-order chi connectivity index (χ1) is 9.49. The minimum atomic E-state index is -0.0479. The molecule has 1 saturated carbocycles. The predicted molar refractivity (Wildman–Crippen MR) is 82.4 cm³/mol. The topological polar surface area (TPSA) is 55.1 Å². The Bertz CT molecular complexity index is 442. The molecule has 1 aliphatic rings. The summed E-state index contributed by atoms with van der Waals surface area (Å²) in [6.07, 6.45) is 3.93. The van der Waals surface area contributed by atoms with Gasteiger partial charge in [-0.25, -0.2) is 0 Å². The Kier molecular flexibility index (Phi) is 4.81. The molecule has 1 aromatic rings. The van der Waals surface area contributed by atoms with Gasteiger partial charge in [-0.3, -0.25) is 4.79 Å². The van der Waals surface area contributed by atoms with Crippen LogP contribution in [0, 0.1) is 5.92 Å². The second-order valence-corrected chi connectivity index (χ2v) is 6.59. The fraction of sp³-hybridized carbons (Fsp3) is 0.588. The Morgan fingerprint density at radius 1 is 1.30 bits per heavy atom. The second-order valence-electron chi connectivity index (χ2n) is 6.59. The third kappa shape index (κ3) is 3.83. The average Bonchev–Trinajstić information content (AvgIpc) is 2.46. The van der Waals surface area contributed by atoms with Gasteiger partial charge in [0.15, 0.2) is 0 Å². The molecule has 2 atom stereocenters. The van der Waals surface area contributed by atoms with Gasteiger partial charge >= 0.3 is 0 Å². The lowest BCUT2D eigenvalue weighted by Crippen LogP contribution is -2.42. The molecule has 3 heteroatoms. The van der Waals surface area contributed by atoms with E-state index in [1.807, 2.05) is 18.2 Å². The fourth-order valence-electron chi connectivity index (χ4n) is 2.91. The van der Waals surface area contributed by atoms with Crippen molar-refractivity contribution in [3.05, 3.63) is 35.9 Å². The molecule has 1 aliphatic carbocycles. The molecule has 0 radical (unpaired) electrons. The molecule has 2 unspecified atom stereocenters. The van der Waals surface area contributed by atoms with Crippen molar-refractivity contribution in [3.8, 4) is 0 Å². The molecule has 3 N–H and O–H groups in total. The van der Waals surface area contributed by atoms with Crippen molar-refractivity contribution in [2.24, 2.45) is 11.7 Å². The summed E-state index contributed by atoms with van der Waals surface area (Å²) in [6.45, 7) is 4.99. The summed E-state index contributed by atoms with van der Waals surface area (Å²) in [5, 5.41) is 3.12. The number of carbonyl (C=O) groups is 1. The van der Waals surface area contributed by atoms with Crippen molar-refractivity contribution >= 4 is 5.91 Å². The van der Waals surface area contributed by atoms with Gasteiger partial charge < -0.3 is 11.1 Å². The first-order valence-corrected chi connectivity index (χ1v) is 7.58. The van der Waals surface area contributed by atoms with Crippen molar-refractivity contribution in [2.75, 3.05) is 6.54 Å². The molecule has 1 fully saturated rings. The highest BCUT2D eigenvalue weighted by Crippen LogP contribution is 2.25. The maximum Gasteiger partial charge on any atom is 0.223 e. The first-order valence-electron chi connectivity index (χ1n) is 7.58. The SMILES string of the molecule is CC(C)(CNC(=O)C1CCCC(N)C1)c1ccccc1. The quantitative estimate of drug-likeness (QED) is 0.886. The van der Waals surface area contributed by atoms with Gasteiger partial charge in [-0.1, -0.05) is 50.6 Å². The summed E-state index contributed by atoms with van der Waals surface area (Å²) in [7, 11) is 0. The van der Waals surface area contributed by atoms with Crippen LogP contribution >= 0.6 is 0 Å². The number of benzene rings is 1. The van der Waals surface area contributed by atoms with E-state index in [2.05, 4.69) is 31.3 Å². The number of carbonyl (C=O) groups excluding carboxylic acids is 1. The summed E-state index contributed by atoms with van der Waals surface area (Å²) in [4.78, 5) is 12.3. The fourth-order valence-corrected chi connectivity index (χ4v) is 2.91. The number of amides is 1. The van der Waals surface area contributed by atoms with Crippen LogP contribution in [0.2, 0.25) is 0 Å². The monoisotopic (exact) mass is 274 g/mol. The Morgan fingerprint density at radius 3 is 2.65 bits per heavy atom. The number of hydrogen-bond donors (Lipinski definition) is 2. The summed E-state index contributed by atoms with van der Waals surface area (Å²) < 4.78 is 0. The highest BCUT2D eigenvalue weighted by molar-refractivity contribution is 5.78. The zero-order valence-corrected chi connectivity index (χ0v) is 12.6. The largest absolute Gasteiger partial charge is 0.355 e. The highest BCUT2D eigenvalue weighted by Gasteiger charge is 2.27. The molecule has 2 rings (SSSR count). The normalized spacial score (nSPS) is 23.4. The Labute approximate surface area is 121 Å². The standard InChI is InChI=1S/C17H26N2O/c1-17(2,14-8-4-3-5-9-14)12-19-16(20)13-7-6-10-15(18)11-13/h3-5,8-9,13,15H,6-7,10-12,18H2,1-2H3,(H,19,20). The lowest BCUT2D eigenvalue weighted by atomic mass is 9.83. The summed E-state index contributed by atoms with van der Waals surface area (Å²) in [5.41, 5.74) is 7.16. The van der Waals surface area contributed by atoms with Crippen molar-refractivity contribution in [3.63, 3.8) is 0 Å². The number of nitrogens with one attached hydrogen (secondary N) is 1. The first kappa shape index (κ1) is 15.0. The number of rotatable bonds is 4. The highest BCUT2D eigenvalue weighted by atomic mass is 16.1. The van der Waals surface area contributed by atoms with E-state index in [1.54, 1.807) is 0 Å². The van der Waals surface area contributed by atoms with Crippen LogP contribution in [0.5, 0.6) is 0 Å². The van der Waals surface area contributed by atoms with Crippen LogP contribution in [0.15, 0.2) is 30.3 Å². The van der Waals surface area contributed by atoms with E-state index in [9.17, 15) is 4.79 Å². The Balaban J connectivity index is 1.89. The lowest BCUT2D eigenvalue weighted by molar-refractivity contribution is -0.126. The molecule has 0 bridgehead atoms. The molecule has 1 amide bonds. The van der Waals surface area contributed by atoms with Gasteiger partial charge in [0.2, 0.25) is 5.91 Å². The van der Waals surface area contributed by atoms with Crippen molar-refractivity contribution in [1.82, 2.24) is 5.32 Å². The third-order valence-corrected chi connectivity index (χ3v) is 4.35. The molecule has 1 aromatic carbocycles. The Morgan fingerprint density at radius 2 is 2.00 bits per heavy atom. The number of nitrogens with two attached hydrogens (primary N) is 1. The van der Waals surface area contributed by atoms with Crippen LogP contribution in [0.1, 0.15) is 45.1 Å². The molecule has 110 valence electrons. The molecule has 0 aromatic heterocycles. The summed E-state index contributed by atoms with van der Waals surface area (Å²) in [6, 6.07) is 10.5. The van der Waals surface area contributed by atoms with E-state index in [4.69, 9.17) is 5.73 Å². The molecule has 3 nitrogen and oxygen atoms in total. The van der Waals surface area contributed by atoms with E-state index in [-0.39, 0.29) is 23.3 Å². The Hall–Kier alpha value is -1.35. The average molecular weight is 274 g/mol. The molecule has 0 spiro atoms. The molecular formula is C17H26N2O. The van der Waals surface area contributed by atoms with Crippen LogP contribution in [-0.4, -0.2) is 18.5 Å². The zero-order valence-electron chi connectivity index (χ0n) is 12.6. The van der Waals surface area contributed by atoms with Gasteiger partial charge in [0.1, 0.15) is 0 Å². The second kappa shape index (κ2) is 6.40. The minimum absolute atomic E-state index is 0.0479. The van der Waals surface area contributed by atoms with Crippen LogP contribution in [0.4, 0.5) is 0 Å². The van der Waals surface area contributed by atoms with E-state index in [0.29, 0.717) is 6.54 Å². The molecule has 0 heterocycles. The lowest BCUT2D eigenvalue weighted by Gasteiger charge is -2.29. The summed E-state index contributed by atoms with van der Waals surface area (Å²) >= 11 is 0. The van der Waals surface area contributed by atoms with Gasteiger partial charge in [-0.15, -0.1) is 0 Å². The van der Waals surface area contributed by atoms with E-state index >= 15 is 0 Å². The molecular weight excluding hydrogens is 248 g/mol. The van der Waals surface area contributed by atoms with Gasteiger partial charge in [-0.05, 0) is 24.8 Å². The maximum atomic E-state index is 12.3. The van der Waals surface area contributed by atoms with E-state index in [0.717, 1.165) is 25.7 Å². The van der Waals surface area contributed by atoms with Crippen LogP contribution in [-0.2, 0) is 10.2 Å². The minimum Gasteiger partial charge on any atom is -0.355 e. The van der Waals surface area contributed by atoms with Crippen molar-refractivity contribution < 1.29 is 4.79 Å². The van der Waals surface area contributed by atoms with Crippen LogP contribution < -0.4 is 11.1 Å².